The van der Waals surface area contributed by atoms with Gasteiger partial charge in [0.15, 0.2) is 17.5 Å². The molecule has 1 fully saturated rings. The van der Waals surface area contributed by atoms with Gasteiger partial charge in [0, 0.05) is 35.8 Å². The summed E-state index contributed by atoms with van der Waals surface area (Å²) < 4.78 is 39.4. The van der Waals surface area contributed by atoms with E-state index in [1.54, 1.807) is 24.3 Å². The molecule has 2 aromatic carbocycles. The van der Waals surface area contributed by atoms with Crippen molar-refractivity contribution in [2.75, 3.05) is 29.9 Å². The van der Waals surface area contributed by atoms with Crippen LogP contribution in [0.3, 0.4) is 0 Å². The summed E-state index contributed by atoms with van der Waals surface area (Å²) in [6.07, 6.45) is 0.271. The lowest BCUT2D eigenvalue weighted by Gasteiger charge is -2.26. The first-order valence-corrected chi connectivity index (χ1v) is 9.50. The molecule has 2 amide bonds. The van der Waals surface area contributed by atoms with Gasteiger partial charge < -0.3 is 10.2 Å². The van der Waals surface area contributed by atoms with Crippen LogP contribution in [0.5, 0.6) is 0 Å². The first-order valence-electron chi connectivity index (χ1n) is 8.34. The Morgan fingerprint density at radius 3 is 2.19 bits per heavy atom. The van der Waals surface area contributed by atoms with Crippen LogP contribution in [0.1, 0.15) is 15.9 Å². The van der Waals surface area contributed by atoms with Crippen LogP contribution in [-0.4, -0.2) is 41.3 Å². The highest BCUT2D eigenvalue weighted by Crippen LogP contribution is 2.17. The van der Waals surface area contributed by atoms with E-state index in [9.17, 15) is 22.8 Å². The van der Waals surface area contributed by atoms with Crippen molar-refractivity contribution in [1.82, 2.24) is 4.90 Å². The smallest absolute Gasteiger partial charge is 0.255 e. The Kier molecular flexibility index (Phi) is 6.05. The first kappa shape index (κ1) is 19.3. The number of carbonyl (C=O) groups excluding carboxylic acids is 2. The van der Waals surface area contributed by atoms with Crippen molar-refractivity contribution in [2.45, 2.75) is 6.42 Å². The molecule has 142 valence electrons. The molecule has 1 N–H and O–H groups in total. The van der Waals surface area contributed by atoms with Crippen molar-refractivity contribution in [3.05, 3.63) is 65.0 Å². The van der Waals surface area contributed by atoms with Gasteiger partial charge in [-0.1, -0.05) is 12.1 Å². The average Bonchev–Trinajstić information content (AvgIpc) is 2.67. The van der Waals surface area contributed by atoms with Crippen LogP contribution in [0, 0.1) is 17.5 Å². The zero-order valence-electron chi connectivity index (χ0n) is 14.3. The molecule has 0 radical (unpaired) electrons. The minimum Gasteiger partial charge on any atom is -0.341 e. The summed E-state index contributed by atoms with van der Waals surface area (Å²) in [6, 6.07) is 7.89. The second-order valence-electron chi connectivity index (χ2n) is 6.07. The number of anilines is 1. The number of benzene rings is 2. The van der Waals surface area contributed by atoms with Gasteiger partial charge in [-0.2, -0.15) is 11.8 Å². The molecule has 1 aliphatic heterocycles. The summed E-state index contributed by atoms with van der Waals surface area (Å²) >= 11 is 1.83. The summed E-state index contributed by atoms with van der Waals surface area (Å²) in [5.74, 6) is -3.28. The summed E-state index contributed by atoms with van der Waals surface area (Å²) in [6.45, 7) is 1.50. The van der Waals surface area contributed by atoms with Crippen LogP contribution in [0.25, 0.3) is 0 Å². The average molecular weight is 394 g/mol. The van der Waals surface area contributed by atoms with Gasteiger partial charge in [-0.05, 0) is 29.8 Å². The number of carbonyl (C=O) groups is 2. The molecule has 8 heteroatoms. The van der Waals surface area contributed by atoms with E-state index in [0.29, 0.717) is 17.8 Å². The minimum absolute atomic E-state index is 0.0596. The lowest BCUT2D eigenvalue weighted by Crippen LogP contribution is -2.38. The number of hydrogen-bond acceptors (Lipinski definition) is 3. The van der Waals surface area contributed by atoms with Crippen LogP contribution in [-0.2, 0) is 11.2 Å². The topological polar surface area (TPSA) is 49.4 Å². The predicted octanol–water partition coefficient (Wildman–Crippen LogP) is 3.47. The van der Waals surface area contributed by atoms with Gasteiger partial charge in [0.25, 0.3) is 5.91 Å². The number of nitrogens with one attached hydrogen (secondary N) is 1. The minimum atomic E-state index is -1.62. The summed E-state index contributed by atoms with van der Waals surface area (Å²) in [7, 11) is 0. The van der Waals surface area contributed by atoms with Crippen molar-refractivity contribution in [3.63, 3.8) is 0 Å². The van der Waals surface area contributed by atoms with E-state index >= 15 is 0 Å². The molecule has 1 aliphatic rings. The quantitative estimate of drug-likeness (QED) is 0.808. The van der Waals surface area contributed by atoms with Crippen molar-refractivity contribution in [1.29, 1.82) is 0 Å². The maximum Gasteiger partial charge on any atom is 0.255 e. The zero-order valence-corrected chi connectivity index (χ0v) is 15.1. The molecular formula is C19H17F3N2O2S. The standard InChI is InChI=1S/C19H17F3N2O2S/c20-15-10-13(11-16(21)18(15)22)19(26)23-14-3-1-12(2-4-14)9-17(25)24-5-7-27-8-6-24/h1-4,10-11H,5-9H2,(H,23,26). The summed E-state index contributed by atoms with van der Waals surface area (Å²) in [5, 5.41) is 2.48. The molecule has 2 aromatic rings. The van der Waals surface area contributed by atoms with E-state index in [-0.39, 0.29) is 17.9 Å². The molecule has 0 spiro atoms. The molecule has 3 rings (SSSR count). The lowest BCUT2D eigenvalue weighted by atomic mass is 10.1. The van der Waals surface area contributed by atoms with Gasteiger partial charge >= 0.3 is 0 Å². The normalized spacial score (nSPS) is 14.1. The molecule has 1 heterocycles. The fraction of sp³-hybridized carbons (Fsp3) is 0.263. The van der Waals surface area contributed by atoms with E-state index in [1.807, 2.05) is 16.7 Å². The SMILES string of the molecule is O=C(Nc1ccc(CC(=O)N2CCSCC2)cc1)c1cc(F)c(F)c(F)c1. The van der Waals surface area contributed by atoms with Crippen LogP contribution >= 0.6 is 11.8 Å². The Labute approximate surface area is 158 Å². The highest BCUT2D eigenvalue weighted by Gasteiger charge is 2.17. The van der Waals surface area contributed by atoms with Gasteiger partial charge in [0.1, 0.15) is 0 Å². The van der Waals surface area contributed by atoms with Crippen LogP contribution in [0.4, 0.5) is 18.9 Å². The number of hydrogen-bond donors (Lipinski definition) is 1. The number of rotatable bonds is 4. The maximum atomic E-state index is 13.2. The van der Waals surface area contributed by atoms with Gasteiger partial charge in [0.2, 0.25) is 5.91 Å². The van der Waals surface area contributed by atoms with E-state index in [2.05, 4.69) is 5.32 Å². The largest absolute Gasteiger partial charge is 0.341 e. The molecular weight excluding hydrogens is 377 g/mol. The van der Waals surface area contributed by atoms with Crippen molar-refractivity contribution >= 4 is 29.3 Å². The lowest BCUT2D eigenvalue weighted by molar-refractivity contribution is -0.130. The van der Waals surface area contributed by atoms with Crippen LogP contribution in [0.15, 0.2) is 36.4 Å². The Morgan fingerprint density at radius 2 is 1.59 bits per heavy atom. The van der Waals surface area contributed by atoms with E-state index in [1.165, 1.54) is 0 Å². The second kappa shape index (κ2) is 8.47. The predicted molar refractivity (Wildman–Crippen MR) is 98.3 cm³/mol. The summed E-state index contributed by atoms with van der Waals surface area (Å²) in [4.78, 5) is 26.2. The molecule has 27 heavy (non-hydrogen) atoms. The van der Waals surface area contributed by atoms with Gasteiger partial charge in [-0.25, -0.2) is 13.2 Å². The van der Waals surface area contributed by atoms with E-state index in [4.69, 9.17) is 0 Å². The maximum absolute atomic E-state index is 13.2. The van der Waals surface area contributed by atoms with E-state index in [0.717, 1.165) is 30.2 Å². The number of nitrogens with zero attached hydrogens (tertiary/aromatic N) is 1. The second-order valence-corrected chi connectivity index (χ2v) is 7.30. The van der Waals surface area contributed by atoms with Crippen molar-refractivity contribution in [2.24, 2.45) is 0 Å². The number of amides is 2. The Balaban J connectivity index is 1.62. The summed E-state index contributed by atoms with van der Waals surface area (Å²) in [5.41, 5.74) is 0.874. The van der Waals surface area contributed by atoms with Crippen LogP contribution < -0.4 is 5.32 Å². The van der Waals surface area contributed by atoms with Gasteiger partial charge in [0.05, 0.1) is 6.42 Å². The first-order chi connectivity index (χ1) is 12.9. The molecule has 4 nitrogen and oxygen atoms in total. The third kappa shape index (κ3) is 4.82. The highest BCUT2D eigenvalue weighted by atomic mass is 32.2. The Hall–Kier alpha value is -2.48. The molecule has 0 saturated carbocycles. The van der Waals surface area contributed by atoms with Crippen LogP contribution in [0.2, 0.25) is 0 Å². The molecule has 0 aliphatic carbocycles. The third-order valence-corrected chi connectivity index (χ3v) is 5.12. The molecule has 0 bridgehead atoms. The fourth-order valence-electron chi connectivity index (χ4n) is 2.69. The Morgan fingerprint density at radius 1 is 1.00 bits per heavy atom. The van der Waals surface area contributed by atoms with Crippen molar-refractivity contribution in [3.8, 4) is 0 Å². The number of halogens is 3. The fourth-order valence-corrected chi connectivity index (χ4v) is 3.60. The monoisotopic (exact) mass is 394 g/mol. The zero-order chi connectivity index (χ0) is 19.4. The third-order valence-electron chi connectivity index (χ3n) is 4.18. The number of thioether (sulfide) groups is 1. The van der Waals surface area contributed by atoms with Gasteiger partial charge in [-0.3, -0.25) is 9.59 Å². The Bertz CT molecular complexity index is 830. The highest BCUT2D eigenvalue weighted by molar-refractivity contribution is 7.99. The molecule has 0 unspecified atom stereocenters. The molecule has 0 atom stereocenters. The molecule has 0 aromatic heterocycles. The van der Waals surface area contributed by atoms with Gasteiger partial charge in [-0.15, -0.1) is 0 Å². The van der Waals surface area contributed by atoms with E-state index < -0.39 is 23.4 Å². The van der Waals surface area contributed by atoms with Crippen molar-refractivity contribution < 1.29 is 22.8 Å². The molecule has 1 saturated heterocycles.